The highest BCUT2D eigenvalue weighted by Gasteiger charge is 2.41. The Morgan fingerprint density at radius 1 is 1.17 bits per heavy atom. The first-order valence-electron chi connectivity index (χ1n) is 11.1. The standard InChI is InChI=1S/C23H33N3O4/c1-25-19(27)15-30-21(20(25)18-7-3-2-4-8-18)22(28)24-16-23(9-13-29-14-10-23)17-26-11-5-6-12-26/h2-4,7-8,20-21H,5-6,9-17H2,1H3,(H,24,28). The van der Waals surface area contributed by atoms with Crippen molar-refractivity contribution in [1.82, 2.24) is 15.1 Å². The van der Waals surface area contributed by atoms with E-state index >= 15 is 0 Å². The van der Waals surface area contributed by atoms with E-state index in [1.807, 2.05) is 30.3 Å². The summed E-state index contributed by atoms with van der Waals surface area (Å²) >= 11 is 0. The van der Waals surface area contributed by atoms with Crippen molar-refractivity contribution in [2.24, 2.45) is 5.41 Å². The topological polar surface area (TPSA) is 71.1 Å². The Kier molecular flexibility index (Phi) is 6.71. The number of amides is 2. The van der Waals surface area contributed by atoms with E-state index in [0.717, 1.165) is 51.3 Å². The summed E-state index contributed by atoms with van der Waals surface area (Å²) in [7, 11) is 1.75. The maximum Gasteiger partial charge on any atom is 0.251 e. The van der Waals surface area contributed by atoms with Gasteiger partial charge in [0.15, 0.2) is 6.10 Å². The Morgan fingerprint density at radius 3 is 2.57 bits per heavy atom. The molecule has 3 fully saturated rings. The van der Waals surface area contributed by atoms with Crippen molar-refractivity contribution in [2.45, 2.75) is 37.8 Å². The number of hydrogen-bond acceptors (Lipinski definition) is 5. The quantitative estimate of drug-likeness (QED) is 0.764. The van der Waals surface area contributed by atoms with Gasteiger partial charge in [0.2, 0.25) is 5.91 Å². The fraction of sp³-hybridized carbons (Fsp3) is 0.652. The molecule has 1 N–H and O–H groups in total. The van der Waals surface area contributed by atoms with Crippen LogP contribution in [0.5, 0.6) is 0 Å². The smallest absolute Gasteiger partial charge is 0.251 e. The molecule has 0 saturated carbocycles. The largest absolute Gasteiger partial charge is 0.381 e. The van der Waals surface area contributed by atoms with Crippen LogP contribution in [0.1, 0.15) is 37.3 Å². The minimum atomic E-state index is -0.709. The molecule has 4 rings (SSSR count). The monoisotopic (exact) mass is 415 g/mol. The lowest BCUT2D eigenvalue weighted by atomic mass is 9.79. The molecular formula is C23H33N3O4. The summed E-state index contributed by atoms with van der Waals surface area (Å²) in [6.45, 7) is 5.33. The molecule has 3 aliphatic heterocycles. The van der Waals surface area contributed by atoms with E-state index in [0.29, 0.717) is 6.54 Å². The lowest BCUT2D eigenvalue weighted by molar-refractivity contribution is -0.162. The van der Waals surface area contributed by atoms with E-state index in [9.17, 15) is 9.59 Å². The van der Waals surface area contributed by atoms with Gasteiger partial charge < -0.3 is 24.6 Å². The number of ether oxygens (including phenoxy) is 2. The van der Waals surface area contributed by atoms with Crippen molar-refractivity contribution >= 4 is 11.8 Å². The molecule has 0 spiro atoms. The van der Waals surface area contributed by atoms with Gasteiger partial charge in [-0.25, -0.2) is 0 Å². The molecule has 0 aliphatic carbocycles. The molecule has 0 bridgehead atoms. The molecule has 3 saturated heterocycles. The third kappa shape index (κ3) is 4.68. The van der Waals surface area contributed by atoms with Gasteiger partial charge in [-0.2, -0.15) is 0 Å². The van der Waals surface area contributed by atoms with Crippen molar-refractivity contribution in [3.05, 3.63) is 35.9 Å². The van der Waals surface area contributed by atoms with E-state index in [1.54, 1.807) is 11.9 Å². The summed E-state index contributed by atoms with van der Waals surface area (Å²) in [5, 5.41) is 3.19. The normalized spacial score (nSPS) is 27.2. The van der Waals surface area contributed by atoms with Gasteiger partial charge >= 0.3 is 0 Å². The first kappa shape index (κ1) is 21.3. The van der Waals surface area contributed by atoms with Crippen molar-refractivity contribution < 1.29 is 19.1 Å². The number of benzene rings is 1. The van der Waals surface area contributed by atoms with Crippen molar-refractivity contribution in [3.8, 4) is 0 Å². The zero-order valence-electron chi connectivity index (χ0n) is 17.8. The molecule has 30 heavy (non-hydrogen) atoms. The number of nitrogens with one attached hydrogen (secondary N) is 1. The Hall–Kier alpha value is -1.96. The van der Waals surface area contributed by atoms with Crippen molar-refractivity contribution in [2.75, 3.05) is 53.0 Å². The molecule has 2 atom stereocenters. The van der Waals surface area contributed by atoms with Crippen LogP contribution in [0.25, 0.3) is 0 Å². The van der Waals surface area contributed by atoms with Crippen LogP contribution in [0.4, 0.5) is 0 Å². The molecule has 2 amide bonds. The van der Waals surface area contributed by atoms with Crippen LogP contribution in [0, 0.1) is 5.41 Å². The van der Waals surface area contributed by atoms with Gasteiger partial charge in [0.1, 0.15) is 6.61 Å². The second-order valence-electron chi connectivity index (χ2n) is 8.91. The minimum absolute atomic E-state index is 0.0386. The Balaban J connectivity index is 1.46. The Bertz CT molecular complexity index is 729. The molecular weight excluding hydrogens is 382 g/mol. The first-order valence-corrected chi connectivity index (χ1v) is 11.1. The van der Waals surface area contributed by atoms with Gasteiger partial charge in [-0.1, -0.05) is 30.3 Å². The molecule has 3 heterocycles. The summed E-state index contributed by atoms with van der Waals surface area (Å²) in [6.07, 6.45) is 3.71. The van der Waals surface area contributed by atoms with Gasteiger partial charge in [-0.15, -0.1) is 0 Å². The Labute approximate surface area is 178 Å². The number of morpholine rings is 1. The second-order valence-corrected chi connectivity index (χ2v) is 8.91. The predicted octanol–water partition coefficient (Wildman–Crippen LogP) is 1.59. The van der Waals surface area contributed by atoms with Crippen LogP contribution >= 0.6 is 0 Å². The Morgan fingerprint density at radius 2 is 1.87 bits per heavy atom. The van der Waals surface area contributed by atoms with Crippen LogP contribution < -0.4 is 5.32 Å². The highest BCUT2D eigenvalue weighted by atomic mass is 16.5. The minimum Gasteiger partial charge on any atom is -0.381 e. The molecule has 0 aromatic heterocycles. The van der Waals surface area contributed by atoms with Crippen LogP contribution in [0.15, 0.2) is 30.3 Å². The SMILES string of the molecule is CN1C(=O)COC(C(=O)NCC2(CN3CCCC3)CCOCC2)C1c1ccccc1. The first-order chi connectivity index (χ1) is 14.6. The zero-order chi connectivity index (χ0) is 21.0. The number of nitrogens with zero attached hydrogens (tertiary/aromatic N) is 2. The molecule has 1 aromatic rings. The number of likely N-dealkylation sites (tertiary alicyclic amines) is 1. The summed E-state index contributed by atoms with van der Waals surface area (Å²) in [4.78, 5) is 29.6. The molecule has 7 heteroatoms. The lowest BCUT2D eigenvalue weighted by Gasteiger charge is -2.41. The van der Waals surface area contributed by atoms with E-state index in [4.69, 9.17) is 9.47 Å². The lowest BCUT2D eigenvalue weighted by Crippen LogP contribution is -2.55. The average molecular weight is 416 g/mol. The third-order valence-electron chi connectivity index (χ3n) is 6.83. The van der Waals surface area contributed by atoms with Crippen molar-refractivity contribution in [3.63, 3.8) is 0 Å². The number of carbonyl (C=O) groups excluding carboxylic acids is 2. The molecule has 1 aromatic carbocycles. The van der Waals surface area contributed by atoms with Crippen LogP contribution in [-0.2, 0) is 19.1 Å². The van der Waals surface area contributed by atoms with Gasteiger partial charge in [-0.3, -0.25) is 9.59 Å². The summed E-state index contributed by atoms with van der Waals surface area (Å²) in [5.41, 5.74) is 0.947. The number of carbonyl (C=O) groups is 2. The molecule has 0 radical (unpaired) electrons. The van der Waals surface area contributed by atoms with Gasteiger partial charge in [0.25, 0.3) is 5.91 Å². The zero-order valence-corrected chi connectivity index (χ0v) is 17.8. The number of likely N-dealkylation sites (N-methyl/N-ethyl adjacent to an activating group) is 1. The van der Waals surface area contributed by atoms with Gasteiger partial charge in [0.05, 0.1) is 6.04 Å². The fourth-order valence-corrected chi connectivity index (χ4v) is 4.97. The second kappa shape index (κ2) is 9.45. The van der Waals surface area contributed by atoms with Crippen molar-refractivity contribution in [1.29, 1.82) is 0 Å². The molecule has 2 unspecified atom stereocenters. The van der Waals surface area contributed by atoms with Crippen LogP contribution in [-0.4, -0.2) is 80.8 Å². The van der Waals surface area contributed by atoms with Crippen LogP contribution in [0.3, 0.4) is 0 Å². The van der Waals surface area contributed by atoms with E-state index in [1.165, 1.54) is 12.8 Å². The average Bonchev–Trinajstić information content (AvgIpc) is 3.28. The van der Waals surface area contributed by atoms with Crippen LogP contribution in [0.2, 0.25) is 0 Å². The summed E-state index contributed by atoms with van der Waals surface area (Å²) in [5.74, 6) is -0.252. The van der Waals surface area contributed by atoms with E-state index in [2.05, 4.69) is 10.2 Å². The fourth-order valence-electron chi connectivity index (χ4n) is 4.97. The van der Waals surface area contributed by atoms with E-state index in [-0.39, 0.29) is 23.8 Å². The van der Waals surface area contributed by atoms with Gasteiger partial charge in [0, 0.05) is 38.8 Å². The maximum absolute atomic E-state index is 13.2. The number of hydrogen-bond donors (Lipinski definition) is 1. The van der Waals surface area contributed by atoms with E-state index < -0.39 is 12.1 Å². The molecule has 164 valence electrons. The third-order valence-corrected chi connectivity index (χ3v) is 6.83. The summed E-state index contributed by atoms with van der Waals surface area (Å²) < 4.78 is 11.4. The maximum atomic E-state index is 13.2. The highest BCUT2D eigenvalue weighted by molar-refractivity contribution is 5.86. The number of rotatable bonds is 6. The predicted molar refractivity (Wildman–Crippen MR) is 113 cm³/mol. The summed E-state index contributed by atoms with van der Waals surface area (Å²) in [6, 6.07) is 9.23. The molecule has 3 aliphatic rings. The van der Waals surface area contributed by atoms with Gasteiger partial charge in [-0.05, 0) is 44.3 Å². The highest BCUT2D eigenvalue weighted by Crippen LogP contribution is 2.33. The molecule has 7 nitrogen and oxygen atoms in total.